The third-order valence-corrected chi connectivity index (χ3v) is 3.52. The quantitative estimate of drug-likeness (QED) is 0.445. The van der Waals surface area contributed by atoms with E-state index in [4.69, 9.17) is 5.73 Å². The number of nitrogens with two attached hydrogens (primary N) is 1. The predicted molar refractivity (Wildman–Crippen MR) is 73.5 cm³/mol. The van der Waals surface area contributed by atoms with Crippen molar-refractivity contribution >= 4 is 18.3 Å². The minimum Gasteiger partial charge on any atom is -0.325 e. The molecule has 1 aliphatic carbocycles. The molecule has 1 aromatic rings. The van der Waals surface area contributed by atoms with Gasteiger partial charge in [0.25, 0.3) is 0 Å². The summed E-state index contributed by atoms with van der Waals surface area (Å²) in [6.45, 7) is 0.221. The molecule has 1 fully saturated rings. The molecule has 0 amide bonds. The number of nitrogens with one attached hydrogen (secondary N) is 1. The number of hydrogen-bond acceptors (Lipinski definition) is 5. The standard InChI is InChI=1S/C14H17N3O2/c1-16-17-13(7-15)12-6-11(3-2-10(12)8-18)14(9-19)4-5-14/h2-3,6,8-9,16H,4-5,7,15H2,1H3/b17-13-. The Balaban J connectivity index is 2.51. The molecule has 0 heterocycles. The zero-order valence-electron chi connectivity index (χ0n) is 10.8. The third-order valence-electron chi connectivity index (χ3n) is 3.52. The maximum Gasteiger partial charge on any atom is 0.150 e. The molecular weight excluding hydrogens is 242 g/mol. The number of rotatable bonds is 6. The van der Waals surface area contributed by atoms with Gasteiger partial charge in [0.2, 0.25) is 0 Å². The summed E-state index contributed by atoms with van der Waals surface area (Å²) >= 11 is 0. The number of carbonyl (C=O) groups is 2. The summed E-state index contributed by atoms with van der Waals surface area (Å²) in [5, 5.41) is 4.09. The van der Waals surface area contributed by atoms with Gasteiger partial charge in [0.05, 0.1) is 11.1 Å². The minimum atomic E-state index is -0.366. The van der Waals surface area contributed by atoms with Crippen LogP contribution in [-0.2, 0) is 10.2 Å². The first kappa shape index (κ1) is 13.4. The molecule has 19 heavy (non-hydrogen) atoms. The number of hydrazone groups is 1. The predicted octanol–water partition coefficient (Wildman–Crippen LogP) is 0.612. The fourth-order valence-electron chi connectivity index (χ4n) is 2.18. The Morgan fingerprint density at radius 1 is 1.47 bits per heavy atom. The van der Waals surface area contributed by atoms with Crippen LogP contribution in [-0.4, -0.2) is 31.9 Å². The lowest BCUT2D eigenvalue weighted by Crippen LogP contribution is -2.21. The van der Waals surface area contributed by atoms with Crippen molar-refractivity contribution < 1.29 is 9.59 Å². The monoisotopic (exact) mass is 259 g/mol. The van der Waals surface area contributed by atoms with E-state index in [0.29, 0.717) is 16.8 Å². The highest BCUT2D eigenvalue weighted by molar-refractivity contribution is 6.07. The Hall–Kier alpha value is -2.01. The number of aldehydes is 2. The Bertz CT molecular complexity index is 533. The van der Waals surface area contributed by atoms with E-state index in [0.717, 1.165) is 31.0 Å². The maximum absolute atomic E-state index is 11.2. The van der Waals surface area contributed by atoms with Crippen molar-refractivity contribution in [3.8, 4) is 0 Å². The van der Waals surface area contributed by atoms with Crippen molar-refractivity contribution in [2.75, 3.05) is 13.6 Å². The van der Waals surface area contributed by atoms with Crippen LogP contribution in [0.3, 0.4) is 0 Å². The Morgan fingerprint density at radius 2 is 2.21 bits per heavy atom. The van der Waals surface area contributed by atoms with Crippen molar-refractivity contribution in [2.45, 2.75) is 18.3 Å². The van der Waals surface area contributed by atoms with Crippen LogP contribution in [0.5, 0.6) is 0 Å². The molecule has 3 N–H and O–H groups in total. The van der Waals surface area contributed by atoms with Gasteiger partial charge in [0.1, 0.15) is 6.29 Å². The molecule has 0 spiro atoms. The summed E-state index contributed by atoms with van der Waals surface area (Å²) in [5.41, 5.74) is 10.7. The topological polar surface area (TPSA) is 84.5 Å². The second kappa shape index (κ2) is 5.32. The zero-order chi connectivity index (χ0) is 13.9. The average molecular weight is 259 g/mol. The number of hydrogen-bond donors (Lipinski definition) is 2. The van der Waals surface area contributed by atoms with E-state index in [2.05, 4.69) is 10.5 Å². The number of nitrogens with zero attached hydrogens (tertiary/aromatic N) is 1. The normalized spacial score (nSPS) is 16.8. The summed E-state index contributed by atoms with van der Waals surface area (Å²) in [7, 11) is 1.67. The molecule has 2 rings (SSSR count). The first-order chi connectivity index (χ1) is 9.20. The lowest BCUT2D eigenvalue weighted by Gasteiger charge is -2.13. The molecule has 0 bridgehead atoms. The molecule has 0 aliphatic heterocycles. The van der Waals surface area contributed by atoms with Gasteiger partial charge in [-0.15, -0.1) is 0 Å². The van der Waals surface area contributed by atoms with Gasteiger partial charge >= 0.3 is 0 Å². The molecule has 1 aromatic carbocycles. The van der Waals surface area contributed by atoms with Crippen LogP contribution in [0.4, 0.5) is 0 Å². The Kier molecular flexibility index (Phi) is 3.76. The molecule has 5 nitrogen and oxygen atoms in total. The van der Waals surface area contributed by atoms with Gasteiger partial charge in [-0.05, 0) is 24.5 Å². The SMILES string of the molecule is CN/N=C(/CN)c1cc(C2(C=O)CC2)ccc1C=O. The van der Waals surface area contributed by atoms with E-state index in [9.17, 15) is 9.59 Å². The van der Waals surface area contributed by atoms with Crippen LogP contribution in [0.15, 0.2) is 23.3 Å². The minimum absolute atomic E-state index is 0.221. The summed E-state index contributed by atoms with van der Waals surface area (Å²) in [6.07, 6.45) is 3.49. The van der Waals surface area contributed by atoms with E-state index < -0.39 is 0 Å². The highest BCUT2D eigenvalue weighted by Crippen LogP contribution is 2.46. The van der Waals surface area contributed by atoms with Gasteiger partial charge in [0.15, 0.2) is 6.29 Å². The lowest BCUT2D eigenvalue weighted by molar-refractivity contribution is -0.109. The fraction of sp³-hybridized carbons (Fsp3) is 0.357. The molecule has 0 aromatic heterocycles. The van der Waals surface area contributed by atoms with E-state index in [1.807, 2.05) is 12.1 Å². The van der Waals surface area contributed by atoms with Crippen molar-refractivity contribution in [3.05, 3.63) is 34.9 Å². The molecule has 5 heteroatoms. The first-order valence-corrected chi connectivity index (χ1v) is 6.20. The Labute approximate surface area is 111 Å². The van der Waals surface area contributed by atoms with Crippen LogP contribution in [0.25, 0.3) is 0 Å². The molecule has 100 valence electrons. The number of carbonyl (C=O) groups excluding carboxylic acids is 2. The molecular formula is C14H17N3O2. The van der Waals surface area contributed by atoms with E-state index in [1.165, 1.54) is 0 Å². The van der Waals surface area contributed by atoms with Crippen LogP contribution in [0.1, 0.15) is 34.3 Å². The van der Waals surface area contributed by atoms with Crippen molar-refractivity contribution in [3.63, 3.8) is 0 Å². The van der Waals surface area contributed by atoms with Gasteiger partial charge in [0, 0.05) is 24.7 Å². The third kappa shape index (κ3) is 2.42. The average Bonchev–Trinajstić information content (AvgIpc) is 3.25. The highest BCUT2D eigenvalue weighted by atomic mass is 16.1. The Morgan fingerprint density at radius 3 is 2.68 bits per heavy atom. The molecule has 0 radical (unpaired) electrons. The second-order valence-electron chi connectivity index (χ2n) is 4.68. The maximum atomic E-state index is 11.2. The van der Waals surface area contributed by atoms with Gasteiger partial charge < -0.3 is 16.0 Å². The molecule has 0 unspecified atom stereocenters. The number of benzene rings is 1. The van der Waals surface area contributed by atoms with E-state index >= 15 is 0 Å². The summed E-state index contributed by atoms with van der Waals surface area (Å²) in [4.78, 5) is 22.3. The largest absolute Gasteiger partial charge is 0.325 e. The molecule has 1 aliphatic rings. The van der Waals surface area contributed by atoms with Crippen molar-refractivity contribution in [1.82, 2.24) is 5.43 Å². The van der Waals surface area contributed by atoms with Crippen molar-refractivity contribution in [2.24, 2.45) is 10.8 Å². The second-order valence-corrected chi connectivity index (χ2v) is 4.68. The summed E-state index contributed by atoms with van der Waals surface area (Å²) in [6, 6.07) is 5.42. The summed E-state index contributed by atoms with van der Waals surface area (Å²) < 4.78 is 0. The smallest absolute Gasteiger partial charge is 0.150 e. The van der Waals surface area contributed by atoms with Crippen LogP contribution in [0, 0.1) is 0 Å². The molecule has 0 atom stereocenters. The fourth-order valence-corrected chi connectivity index (χ4v) is 2.18. The van der Waals surface area contributed by atoms with Gasteiger partial charge in [-0.2, -0.15) is 5.10 Å². The van der Waals surface area contributed by atoms with Gasteiger partial charge in [-0.1, -0.05) is 12.1 Å². The molecule has 0 saturated heterocycles. The van der Waals surface area contributed by atoms with E-state index in [-0.39, 0.29) is 12.0 Å². The summed E-state index contributed by atoms with van der Waals surface area (Å²) in [5.74, 6) is 0. The van der Waals surface area contributed by atoms with Gasteiger partial charge in [-0.25, -0.2) is 0 Å². The van der Waals surface area contributed by atoms with Crippen molar-refractivity contribution in [1.29, 1.82) is 0 Å². The van der Waals surface area contributed by atoms with Crippen LogP contribution < -0.4 is 11.2 Å². The first-order valence-electron chi connectivity index (χ1n) is 6.20. The van der Waals surface area contributed by atoms with E-state index in [1.54, 1.807) is 13.1 Å². The lowest BCUT2D eigenvalue weighted by atomic mass is 9.92. The molecule has 1 saturated carbocycles. The van der Waals surface area contributed by atoms with Crippen LogP contribution >= 0.6 is 0 Å². The highest BCUT2D eigenvalue weighted by Gasteiger charge is 2.44. The van der Waals surface area contributed by atoms with Crippen LogP contribution in [0.2, 0.25) is 0 Å². The zero-order valence-corrected chi connectivity index (χ0v) is 10.8. The van der Waals surface area contributed by atoms with Gasteiger partial charge in [-0.3, -0.25) is 4.79 Å².